The van der Waals surface area contributed by atoms with Gasteiger partial charge in [-0.05, 0) is 38.0 Å². The fourth-order valence-corrected chi connectivity index (χ4v) is 3.99. The molecule has 2 rings (SSSR count). The second kappa shape index (κ2) is 10.4. The Bertz CT molecular complexity index is 556. The summed E-state index contributed by atoms with van der Waals surface area (Å²) in [5.41, 5.74) is 3.82. The first-order valence-electron chi connectivity index (χ1n) is 9.56. The molecule has 1 aromatic heterocycles. The molecule has 6 heteroatoms. The van der Waals surface area contributed by atoms with E-state index >= 15 is 0 Å². The molecule has 1 aliphatic rings. The molecule has 144 valence electrons. The Hall–Kier alpha value is -0.790. The quantitative estimate of drug-likeness (QED) is 0.414. The minimum atomic E-state index is 0. The number of piperidine rings is 1. The number of aromatic nitrogens is 2. The zero-order valence-corrected chi connectivity index (χ0v) is 19.1. The van der Waals surface area contributed by atoms with Crippen molar-refractivity contribution >= 4 is 29.9 Å². The van der Waals surface area contributed by atoms with E-state index in [0.29, 0.717) is 0 Å². The van der Waals surface area contributed by atoms with Crippen LogP contribution in [-0.4, -0.2) is 40.3 Å². The molecule has 0 aliphatic carbocycles. The summed E-state index contributed by atoms with van der Waals surface area (Å²) in [6, 6.07) is 0. The molecule has 0 amide bonds. The summed E-state index contributed by atoms with van der Waals surface area (Å²) in [5, 5.41) is 8.17. The van der Waals surface area contributed by atoms with Crippen LogP contribution in [0.2, 0.25) is 0 Å². The summed E-state index contributed by atoms with van der Waals surface area (Å²) < 4.78 is 2.03. The fourth-order valence-electron chi connectivity index (χ4n) is 3.99. The molecule has 1 fully saturated rings. The predicted molar refractivity (Wildman–Crippen MR) is 117 cm³/mol. The van der Waals surface area contributed by atoms with Crippen LogP contribution in [0.1, 0.15) is 58.0 Å². The van der Waals surface area contributed by atoms with Gasteiger partial charge in [0.15, 0.2) is 5.96 Å². The van der Waals surface area contributed by atoms with Crippen LogP contribution in [0.3, 0.4) is 0 Å². The number of aryl methyl sites for hydroxylation is 2. The average Bonchev–Trinajstić information content (AvgIpc) is 2.85. The number of guanidine groups is 1. The van der Waals surface area contributed by atoms with Crippen LogP contribution in [0.5, 0.6) is 0 Å². The maximum Gasteiger partial charge on any atom is 0.194 e. The predicted octanol–water partition coefficient (Wildman–Crippen LogP) is 3.61. The Morgan fingerprint density at radius 2 is 1.80 bits per heavy atom. The van der Waals surface area contributed by atoms with Gasteiger partial charge >= 0.3 is 0 Å². The molecule has 2 atom stereocenters. The van der Waals surface area contributed by atoms with E-state index in [4.69, 9.17) is 4.99 Å². The molecule has 0 radical (unpaired) electrons. The Kier molecular flexibility index (Phi) is 9.24. The second-order valence-corrected chi connectivity index (χ2v) is 7.22. The highest BCUT2D eigenvalue weighted by molar-refractivity contribution is 14.0. The number of nitrogens with one attached hydrogen (secondary N) is 1. The summed E-state index contributed by atoms with van der Waals surface area (Å²) in [7, 11) is 2.05. The fraction of sp³-hybridized carbons (Fsp3) is 0.789. The maximum absolute atomic E-state index is 4.98. The first kappa shape index (κ1) is 22.3. The molecule has 1 N–H and O–H groups in total. The largest absolute Gasteiger partial charge is 0.357 e. The van der Waals surface area contributed by atoms with Crippen molar-refractivity contribution in [2.45, 2.75) is 60.4 Å². The van der Waals surface area contributed by atoms with Crippen LogP contribution < -0.4 is 5.32 Å². The van der Waals surface area contributed by atoms with Gasteiger partial charge in [-0.25, -0.2) is 4.99 Å². The van der Waals surface area contributed by atoms with Crippen molar-refractivity contribution in [3.8, 4) is 0 Å². The van der Waals surface area contributed by atoms with Crippen LogP contribution in [0, 0.1) is 11.8 Å². The minimum absolute atomic E-state index is 0. The van der Waals surface area contributed by atoms with Crippen molar-refractivity contribution in [3.05, 3.63) is 17.0 Å². The summed E-state index contributed by atoms with van der Waals surface area (Å²) in [6.45, 7) is 15.0. The SMILES string of the molecule is CCNC(=NCc1c(CC)nn(C)c1CC)N1CC(C)CC(C)C1.I. The summed E-state index contributed by atoms with van der Waals surface area (Å²) >= 11 is 0. The van der Waals surface area contributed by atoms with Gasteiger partial charge in [0.25, 0.3) is 0 Å². The second-order valence-electron chi connectivity index (χ2n) is 7.22. The van der Waals surface area contributed by atoms with Gasteiger partial charge in [0.2, 0.25) is 0 Å². The Morgan fingerprint density at radius 3 is 2.32 bits per heavy atom. The summed E-state index contributed by atoms with van der Waals surface area (Å²) in [5.74, 6) is 2.52. The number of likely N-dealkylation sites (tertiary alicyclic amines) is 1. The minimum Gasteiger partial charge on any atom is -0.357 e. The topological polar surface area (TPSA) is 45.5 Å². The monoisotopic (exact) mass is 461 g/mol. The molecule has 0 spiro atoms. The summed E-state index contributed by atoms with van der Waals surface area (Å²) in [6.07, 6.45) is 3.29. The highest BCUT2D eigenvalue weighted by Gasteiger charge is 2.24. The maximum atomic E-state index is 4.98. The average molecular weight is 461 g/mol. The van der Waals surface area contributed by atoms with Gasteiger partial charge in [0.1, 0.15) is 0 Å². The summed E-state index contributed by atoms with van der Waals surface area (Å²) in [4.78, 5) is 7.43. The Balaban J connectivity index is 0.00000312. The molecule has 0 bridgehead atoms. The van der Waals surface area contributed by atoms with Gasteiger partial charge in [-0.3, -0.25) is 4.68 Å². The lowest BCUT2D eigenvalue weighted by Crippen LogP contribution is -2.48. The highest BCUT2D eigenvalue weighted by Crippen LogP contribution is 2.22. The van der Waals surface area contributed by atoms with Crippen molar-refractivity contribution < 1.29 is 0 Å². The van der Waals surface area contributed by atoms with Gasteiger partial charge in [-0.1, -0.05) is 27.7 Å². The first-order chi connectivity index (χ1) is 11.5. The van der Waals surface area contributed by atoms with Gasteiger partial charge in [0, 0.05) is 37.9 Å². The zero-order chi connectivity index (χ0) is 17.7. The van der Waals surface area contributed by atoms with Crippen molar-refractivity contribution in [3.63, 3.8) is 0 Å². The van der Waals surface area contributed by atoms with E-state index in [1.54, 1.807) is 0 Å². The van der Waals surface area contributed by atoms with E-state index in [-0.39, 0.29) is 24.0 Å². The van der Waals surface area contributed by atoms with E-state index in [1.807, 2.05) is 11.7 Å². The van der Waals surface area contributed by atoms with Crippen molar-refractivity contribution in [1.29, 1.82) is 0 Å². The molecule has 0 saturated carbocycles. The molecule has 2 unspecified atom stereocenters. The molecule has 1 saturated heterocycles. The number of aliphatic imine (C=N–C) groups is 1. The molecule has 1 aliphatic heterocycles. The van der Waals surface area contributed by atoms with E-state index in [0.717, 1.165) is 56.8 Å². The number of hydrogen-bond acceptors (Lipinski definition) is 2. The molecule has 5 nitrogen and oxygen atoms in total. The van der Waals surface area contributed by atoms with Crippen LogP contribution in [0.15, 0.2) is 4.99 Å². The van der Waals surface area contributed by atoms with Crippen molar-refractivity contribution in [1.82, 2.24) is 20.0 Å². The van der Waals surface area contributed by atoms with Gasteiger partial charge in [-0.2, -0.15) is 5.10 Å². The van der Waals surface area contributed by atoms with Gasteiger partial charge in [0.05, 0.1) is 12.2 Å². The van der Waals surface area contributed by atoms with Crippen LogP contribution in [0.4, 0.5) is 0 Å². The van der Waals surface area contributed by atoms with Crippen molar-refractivity contribution in [2.75, 3.05) is 19.6 Å². The molecular formula is C19H36IN5. The van der Waals surface area contributed by atoms with Crippen LogP contribution in [0.25, 0.3) is 0 Å². The van der Waals surface area contributed by atoms with Gasteiger partial charge in [-0.15, -0.1) is 24.0 Å². The Labute approximate surface area is 170 Å². The van der Waals surface area contributed by atoms with Crippen LogP contribution >= 0.6 is 24.0 Å². The van der Waals surface area contributed by atoms with E-state index in [9.17, 15) is 0 Å². The van der Waals surface area contributed by atoms with E-state index in [2.05, 4.69) is 49.9 Å². The first-order valence-corrected chi connectivity index (χ1v) is 9.56. The molecule has 2 heterocycles. The Morgan fingerprint density at radius 1 is 1.16 bits per heavy atom. The molecule has 1 aromatic rings. The third-order valence-electron chi connectivity index (χ3n) is 4.92. The molecular weight excluding hydrogens is 425 g/mol. The van der Waals surface area contributed by atoms with Gasteiger partial charge < -0.3 is 10.2 Å². The zero-order valence-electron chi connectivity index (χ0n) is 16.8. The highest BCUT2D eigenvalue weighted by atomic mass is 127. The standard InChI is InChI=1S/C19H35N5.HI/c1-7-17-16(18(8-2)23(6)22-17)11-21-19(20-9-3)24-12-14(4)10-15(5)13-24;/h14-15H,7-13H2,1-6H3,(H,20,21);1H. The number of halogens is 1. The van der Waals surface area contributed by atoms with E-state index in [1.165, 1.54) is 23.4 Å². The third-order valence-corrected chi connectivity index (χ3v) is 4.92. The lowest BCUT2D eigenvalue weighted by molar-refractivity contribution is 0.208. The van der Waals surface area contributed by atoms with Crippen LogP contribution in [-0.2, 0) is 26.4 Å². The lowest BCUT2D eigenvalue weighted by atomic mass is 9.92. The molecule has 25 heavy (non-hydrogen) atoms. The normalized spacial score (nSPS) is 21.2. The number of nitrogens with zero attached hydrogens (tertiary/aromatic N) is 4. The number of hydrogen-bond donors (Lipinski definition) is 1. The third kappa shape index (κ3) is 5.59. The molecule has 0 aromatic carbocycles. The number of rotatable bonds is 5. The smallest absolute Gasteiger partial charge is 0.194 e. The van der Waals surface area contributed by atoms with E-state index < -0.39 is 0 Å². The lowest BCUT2D eigenvalue weighted by Gasteiger charge is -2.37. The van der Waals surface area contributed by atoms with Crippen molar-refractivity contribution in [2.24, 2.45) is 23.9 Å².